The Balaban J connectivity index is 1.97. The van der Waals surface area contributed by atoms with E-state index in [2.05, 4.69) is 28.4 Å². The first kappa shape index (κ1) is 9.78. The molecule has 1 aliphatic heterocycles. The molecule has 0 spiro atoms. The summed E-state index contributed by atoms with van der Waals surface area (Å²) in [5.41, 5.74) is 2.16. The van der Waals surface area contributed by atoms with E-state index >= 15 is 0 Å². The van der Waals surface area contributed by atoms with Crippen molar-refractivity contribution in [2.75, 3.05) is 13.1 Å². The molecular weight excluding hydrogens is 200 g/mol. The van der Waals surface area contributed by atoms with Gasteiger partial charge in [-0.1, -0.05) is 6.07 Å². The van der Waals surface area contributed by atoms with Gasteiger partial charge in [-0.15, -0.1) is 0 Å². The van der Waals surface area contributed by atoms with E-state index in [1.54, 1.807) is 0 Å². The maximum absolute atomic E-state index is 4.59. The number of hydrogen-bond acceptors (Lipinski definition) is 3. The Labute approximate surface area is 94.7 Å². The second-order valence-electron chi connectivity index (χ2n) is 4.52. The number of aryl methyl sites for hydroxylation is 1. The van der Waals surface area contributed by atoms with Gasteiger partial charge in [0.1, 0.15) is 0 Å². The van der Waals surface area contributed by atoms with Gasteiger partial charge in [-0.05, 0) is 37.9 Å². The molecule has 0 aliphatic carbocycles. The number of hydrogen-bond donors (Lipinski definition) is 1. The lowest BCUT2D eigenvalue weighted by Crippen LogP contribution is -2.28. The minimum atomic E-state index is 0.481. The van der Waals surface area contributed by atoms with Gasteiger partial charge in [0.25, 0.3) is 0 Å². The van der Waals surface area contributed by atoms with Gasteiger partial charge >= 0.3 is 0 Å². The van der Waals surface area contributed by atoms with Crippen LogP contribution in [0.5, 0.6) is 0 Å². The summed E-state index contributed by atoms with van der Waals surface area (Å²) in [4.78, 5) is 4.59. The highest BCUT2D eigenvalue weighted by atomic mass is 15.3. The Hall–Kier alpha value is -1.42. The van der Waals surface area contributed by atoms with Crippen LogP contribution in [0.15, 0.2) is 18.3 Å². The van der Waals surface area contributed by atoms with Crippen LogP contribution in [0.3, 0.4) is 0 Å². The Morgan fingerprint density at radius 3 is 3.19 bits per heavy atom. The van der Waals surface area contributed by atoms with Crippen molar-refractivity contribution < 1.29 is 0 Å². The lowest BCUT2D eigenvalue weighted by molar-refractivity contribution is 0.447. The molecule has 1 atom stereocenters. The van der Waals surface area contributed by atoms with Gasteiger partial charge in [-0.3, -0.25) is 0 Å². The number of piperidine rings is 1. The minimum absolute atomic E-state index is 0.481. The van der Waals surface area contributed by atoms with Crippen molar-refractivity contribution in [3.05, 3.63) is 29.7 Å². The molecule has 4 heteroatoms. The van der Waals surface area contributed by atoms with Gasteiger partial charge < -0.3 is 5.32 Å². The summed E-state index contributed by atoms with van der Waals surface area (Å²) in [5.74, 6) is 1.46. The summed E-state index contributed by atoms with van der Waals surface area (Å²) in [5, 5.41) is 7.96. The highest BCUT2D eigenvalue weighted by molar-refractivity contribution is 5.38. The predicted molar refractivity (Wildman–Crippen MR) is 62.6 cm³/mol. The molecule has 0 bridgehead atoms. The molecule has 4 nitrogen and oxygen atoms in total. The third-order valence-electron chi connectivity index (χ3n) is 3.16. The standard InChI is InChI=1S/C12H16N4/c1-9-4-5-11-14-12(15-16(11)8-9)10-3-2-6-13-7-10/h4-5,8,10,13H,2-3,6-7H2,1H3. The molecule has 0 saturated carbocycles. The maximum atomic E-state index is 4.59. The largest absolute Gasteiger partial charge is 0.316 e. The zero-order valence-electron chi connectivity index (χ0n) is 9.48. The zero-order valence-corrected chi connectivity index (χ0v) is 9.48. The number of nitrogens with zero attached hydrogens (tertiary/aromatic N) is 3. The molecule has 1 N–H and O–H groups in total. The summed E-state index contributed by atoms with van der Waals surface area (Å²) < 4.78 is 1.89. The SMILES string of the molecule is Cc1ccc2nc(C3CCCNC3)nn2c1. The van der Waals surface area contributed by atoms with Crippen molar-refractivity contribution in [1.29, 1.82) is 0 Å². The molecule has 1 aliphatic rings. The molecule has 16 heavy (non-hydrogen) atoms. The number of fused-ring (bicyclic) bond motifs is 1. The fourth-order valence-electron chi connectivity index (χ4n) is 2.25. The molecule has 0 amide bonds. The number of aromatic nitrogens is 3. The van der Waals surface area contributed by atoms with E-state index in [0.717, 1.165) is 24.6 Å². The van der Waals surface area contributed by atoms with E-state index in [-0.39, 0.29) is 0 Å². The molecular formula is C12H16N4. The van der Waals surface area contributed by atoms with Crippen LogP contribution in [-0.4, -0.2) is 27.7 Å². The van der Waals surface area contributed by atoms with Crippen molar-refractivity contribution in [1.82, 2.24) is 19.9 Å². The summed E-state index contributed by atoms with van der Waals surface area (Å²) in [6, 6.07) is 4.11. The molecule has 2 aromatic rings. The first-order valence-electron chi connectivity index (χ1n) is 5.86. The van der Waals surface area contributed by atoms with Gasteiger partial charge in [0.05, 0.1) is 0 Å². The molecule has 1 fully saturated rings. The second kappa shape index (κ2) is 3.87. The summed E-state index contributed by atoms with van der Waals surface area (Å²) in [7, 11) is 0. The Morgan fingerprint density at radius 2 is 2.38 bits per heavy atom. The van der Waals surface area contributed by atoms with Crippen LogP contribution in [0.2, 0.25) is 0 Å². The average molecular weight is 216 g/mol. The second-order valence-corrected chi connectivity index (χ2v) is 4.52. The molecule has 1 unspecified atom stereocenters. The van der Waals surface area contributed by atoms with Crippen LogP contribution >= 0.6 is 0 Å². The molecule has 3 heterocycles. The van der Waals surface area contributed by atoms with E-state index in [9.17, 15) is 0 Å². The molecule has 1 saturated heterocycles. The van der Waals surface area contributed by atoms with Gasteiger partial charge in [0.2, 0.25) is 0 Å². The van der Waals surface area contributed by atoms with Crippen LogP contribution in [0, 0.1) is 6.92 Å². The quantitative estimate of drug-likeness (QED) is 0.785. The van der Waals surface area contributed by atoms with Crippen LogP contribution in [0.25, 0.3) is 5.65 Å². The highest BCUT2D eigenvalue weighted by Gasteiger charge is 2.19. The van der Waals surface area contributed by atoms with Gasteiger partial charge in [-0.2, -0.15) is 5.10 Å². The topological polar surface area (TPSA) is 42.2 Å². The third kappa shape index (κ3) is 1.69. The van der Waals surface area contributed by atoms with Gasteiger partial charge in [0.15, 0.2) is 11.5 Å². The number of rotatable bonds is 1. The Kier molecular flexibility index (Phi) is 2.36. The van der Waals surface area contributed by atoms with E-state index < -0.39 is 0 Å². The van der Waals surface area contributed by atoms with E-state index in [4.69, 9.17) is 0 Å². The third-order valence-corrected chi connectivity index (χ3v) is 3.16. The summed E-state index contributed by atoms with van der Waals surface area (Å²) >= 11 is 0. The van der Waals surface area contributed by atoms with Crippen LogP contribution < -0.4 is 5.32 Å². The van der Waals surface area contributed by atoms with Gasteiger partial charge in [-0.25, -0.2) is 9.50 Å². The smallest absolute Gasteiger partial charge is 0.156 e. The van der Waals surface area contributed by atoms with Crippen molar-refractivity contribution in [2.45, 2.75) is 25.7 Å². The molecule has 3 rings (SSSR count). The van der Waals surface area contributed by atoms with Crippen molar-refractivity contribution in [2.24, 2.45) is 0 Å². The van der Waals surface area contributed by atoms with Crippen LogP contribution in [-0.2, 0) is 0 Å². The summed E-state index contributed by atoms with van der Waals surface area (Å²) in [6.45, 7) is 4.21. The van der Waals surface area contributed by atoms with Crippen LogP contribution in [0.1, 0.15) is 30.1 Å². The highest BCUT2D eigenvalue weighted by Crippen LogP contribution is 2.20. The van der Waals surface area contributed by atoms with Crippen molar-refractivity contribution in [3.8, 4) is 0 Å². The summed E-state index contributed by atoms with van der Waals surface area (Å²) in [6.07, 6.45) is 4.45. The Morgan fingerprint density at radius 1 is 1.44 bits per heavy atom. The van der Waals surface area contributed by atoms with E-state index in [1.165, 1.54) is 18.4 Å². The number of pyridine rings is 1. The first-order chi connectivity index (χ1) is 7.83. The molecule has 0 aromatic carbocycles. The maximum Gasteiger partial charge on any atom is 0.156 e. The first-order valence-corrected chi connectivity index (χ1v) is 5.86. The lowest BCUT2D eigenvalue weighted by Gasteiger charge is -2.19. The van der Waals surface area contributed by atoms with Crippen molar-refractivity contribution >= 4 is 5.65 Å². The molecule has 0 radical (unpaired) electrons. The van der Waals surface area contributed by atoms with Crippen LogP contribution in [0.4, 0.5) is 0 Å². The van der Waals surface area contributed by atoms with E-state index in [0.29, 0.717) is 5.92 Å². The minimum Gasteiger partial charge on any atom is -0.316 e. The monoisotopic (exact) mass is 216 g/mol. The molecule has 2 aromatic heterocycles. The molecule has 84 valence electrons. The lowest BCUT2D eigenvalue weighted by atomic mass is 9.99. The van der Waals surface area contributed by atoms with Crippen molar-refractivity contribution in [3.63, 3.8) is 0 Å². The fourth-order valence-corrected chi connectivity index (χ4v) is 2.25. The zero-order chi connectivity index (χ0) is 11.0. The Bertz CT molecular complexity index is 497. The van der Waals surface area contributed by atoms with Gasteiger partial charge in [0, 0.05) is 18.7 Å². The predicted octanol–water partition coefficient (Wildman–Crippen LogP) is 1.50. The fraction of sp³-hybridized carbons (Fsp3) is 0.500. The van der Waals surface area contributed by atoms with E-state index in [1.807, 2.05) is 16.8 Å². The number of nitrogens with one attached hydrogen (secondary N) is 1. The average Bonchev–Trinajstić information content (AvgIpc) is 2.73. The normalized spacial score (nSPS) is 21.4.